The molecule has 0 N–H and O–H groups in total. The van der Waals surface area contributed by atoms with Crippen molar-refractivity contribution >= 4 is 21.8 Å². The molecule has 0 saturated carbocycles. The van der Waals surface area contributed by atoms with Crippen LogP contribution in [0.2, 0.25) is 0 Å². The molecular formula is C61H52N6O2Pd2. The van der Waals surface area contributed by atoms with Crippen LogP contribution in [0.25, 0.3) is 72.5 Å². The van der Waals surface area contributed by atoms with Gasteiger partial charge in [-0.1, -0.05) is 138 Å². The molecule has 8 nitrogen and oxygen atoms in total. The Morgan fingerprint density at radius 3 is 1.30 bits per heavy atom. The van der Waals surface area contributed by atoms with Crippen molar-refractivity contribution in [1.82, 2.24) is 29.5 Å². The normalized spacial score (nSPS) is 11.2. The molecule has 4 aromatic heterocycles. The summed E-state index contributed by atoms with van der Waals surface area (Å²) in [6, 6.07) is 51.8. The van der Waals surface area contributed by atoms with Gasteiger partial charge in [0.25, 0.3) is 0 Å². The van der Waals surface area contributed by atoms with E-state index >= 15 is 0 Å². The quantitative estimate of drug-likeness (QED) is 0.0839. The Kier molecular flexibility index (Phi) is 15.6. The molecule has 0 aliphatic heterocycles. The number of nitrogens with zero attached hydrogens (tertiary/aromatic N) is 6. The molecular weight excluding hydrogens is 1060 g/mol. The minimum atomic E-state index is 0. The van der Waals surface area contributed by atoms with Crippen molar-refractivity contribution < 1.29 is 50.3 Å². The first-order valence-corrected chi connectivity index (χ1v) is 23.5. The first kappa shape index (κ1) is 50.7. The molecule has 6 aromatic carbocycles. The predicted molar refractivity (Wildman–Crippen MR) is 276 cm³/mol. The summed E-state index contributed by atoms with van der Waals surface area (Å²) in [5, 5.41) is 1.84. The van der Waals surface area contributed by atoms with Gasteiger partial charge in [-0.25, -0.2) is 15.0 Å². The molecule has 4 heterocycles. The maximum atomic E-state index is 6.54. The molecule has 0 amide bonds. The average molecular weight is 1110 g/mol. The van der Waals surface area contributed by atoms with Crippen molar-refractivity contribution in [3.63, 3.8) is 0 Å². The van der Waals surface area contributed by atoms with Crippen LogP contribution in [0.5, 0.6) is 23.0 Å². The first-order chi connectivity index (χ1) is 33.4. The smallest absolute Gasteiger partial charge is 0.503 e. The Morgan fingerprint density at radius 1 is 0.479 bits per heavy atom. The summed E-state index contributed by atoms with van der Waals surface area (Å²) in [4.78, 5) is 23.0. The number of aryl methyl sites for hydroxylation is 4. The zero-order valence-electron chi connectivity index (χ0n) is 40.9. The van der Waals surface area contributed by atoms with Gasteiger partial charge in [0.05, 0.1) is 0 Å². The zero-order valence-corrected chi connectivity index (χ0v) is 44.0. The average Bonchev–Trinajstić information content (AvgIpc) is 3.64. The van der Waals surface area contributed by atoms with E-state index < -0.39 is 0 Å². The van der Waals surface area contributed by atoms with Crippen LogP contribution in [0.15, 0.2) is 134 Å². The summed E-state index contributed by atoms with van der Waals surface area (Å²) < 4.78 is 15.0. The standard InChI is InChI=1S/C61H52N6O2.2Pd/c1-37(2)21-43-9-13-45(14-10-43)55-33-63-57(27-41(55)7)47-23-39(5)25-51(29-47)68-49-17-19-53-54-20-18-50(32-60(54)67(59(53)31-49)61-65-35-62-36-66-61)69-52-26-40(6)24-48(30-52)58-28-42(8)56(34-64-58)46-15-11-44(12-16-46)22-38(3)4;;/h9-20,23-28,33-38H,21-22H2,1-8H3;;/q-4;2*+2. The van der Waals surface area contributed by atoms with Crippen molar-refractivity contribution in [1.29, 1.82) is 0 Å². The molecule has 0 aliphatic rings. The molecule has 0 unspecified atom stereocenters. The number of hydrogen-bond donors (Lipinski definition) is 0. The van der Waals surface area contributed by atoms with E-state index in [-0.39, 0.29) is 40.8 Å². The van der Waals surface area contributed by atoms with Gasteiger partial charge in [-0.15, -0.1) is 58.7 Å². The van der Waals surface area contributed by atoms with E-state index in [0.29, 0.717) is 51.8 Å². The maximum absolute atomic E-state index is 6.54. The number of fused-ring (bicyclic) bond motifs is 3. The Hall–Kier alpha value is -6.65. The van der Waals surface area contributed by atoms with Crippen molar-refractivity contribution in [2.24, 2.45) is 11.8 Å². The minimum Gasteiger partial charge on any atom is -0.503 e. The van der Waals surface area contributed by atoms with Crippen molar-refractivity contribution in [2.45, 2.75) is 68.2 Å². The summed E-state index contributed by atoms with van der Waals surface area (Å²) in [7, 11) is 0. The third kappa shape index (κ3) is 11.3. The number of rotatable bonds is 13. The van der Waals surface area contributed by atoms with Crippen molar-refractivity contribution in [3.05, 3.63) is 192 Å². The molecule has 10 aromatic rings. The third-order valence-electron chi connectivity index (χ3n) is 12.2. The van der Waals surface area contributed by atoms with Crippen LogP contribution in [-0.4, -0.2) is 29.5 Å². The molecule has 0 bridgehead atoms. The van der Waals surface area contributed by atoms with E-state index in [1.165, 1.54) is 23.8 Å². The molecule has 71 heavy (non-hydrogen) atoms. The fourth-order valence-electron chi connectivity index (χ4n) is 9.07. The molecule has 0 fully saturated rings. The van der Waals surface area contributed by atoms with Crippen molar-refractivity contribution in [2.75, 3.05) is 0 Å². The van der Waals surface area contributed by atoms with Gasteiger partial charge in [0, 0.05) is 46.5 Å². The van der Waals surface area contributed by atoms with Gasteiger partial charge in [0.2, 0.25) is 5.95 Å². The fraction of sp³-hybridized carbons (Fsp3) is 0.197. The molecule has 0 radical (unpaired) electrons. The molecule has 358 valence electrons. The van der Waals surface area contributed by atoms with Gasteiger partial charge in [-0.05, 0) is 83.3 Å². The minimum absolute atomic E-state index is 0. The predicted octanol–water partition coefficient (Wildman–Crippen LogP) is 14.8. The summed E-state index contributed by atoms with van der Waals surface area (Å²) in [5.74, 6) is 3.75. The van der Waals surface area contributed by atoms with Crippen LogP contribution in [0.1, 0.15) is 61.1 Å². The second-order valence-corrected chi connectivity index (χ2v) is 18.9. The molecule has 0 atom stereocenters. The van der Waals surface area contributed by atoms with E-state index in [1.807, 2.05) is 67.2 Å². The first-order valence-electron chi connectivity index (χ1n) is 23.5. The number of pyridine rings is 2. The van der Waals surface area contributed by atoms with Crippen LogP contribution in [0, 0.1) is 63.8 Å². The van der Waals surface area contributed by atoms with E-state index in [2.05, 4.69) is 154 Å². The van der Waals surface area contributed by atoms with Crippen LogP contribution in [0.4, 0.5) is 0 Å². The Morgan fingerprint density at radius 2 is 0.901 bits per heavy atom. The molecule has 0 saturated heterocycles. The van der Waals surface area contributed by atoms with Gasteiger partial charge >= 0.3 is 40.8 Å². The zero-order chi connectivity index (χ0) is 47.8. The van der Waals surface area contributed by atoms with Gasteiger partial charge < -0.3 is 24.0 Å². The topological polar surface area (TPSA) is 87.8 Å². The van der Waals surface area contributed by atoms with Crippen molar-refractivity contribution in [3.8, 4) is 73.7 Å². The van der Waals surface area contributed by atoms with E-state index in [0.717, 1.165) is 90.6 Å². The maximum Gasteiger partial charge on any atom is 2.00 e. The second kappa shape index (κ2) is 21.8. The fourth-order valence-corrected chi connectivity index (χ4v) is 9.07. The molecule has 10 rings (SSSR count). The molecule has 0 aliphatic carbocycles. The third-order valence-corrected chi connectivity index (χ3v) is 12.2. The van der Waals surface area contributed by atoms with Gasteiger partial charge in [-0.3, -0.25) is 0 Å². The van der Waals surface area contributed by atoms with E-state index in [1.54, 1.807) is 0 Å². The van der Waals surface area contributed by atoms with E-state index in [9.17, 15) is 0 Å². The summed E-state index contributed by atoms with van der Waals surface area (Å²) in [5.41, 5.74) is 16.3. The monoisotopic (exact) mass is 1110 g/mol. The van der Waals surface area contributed by atoms with E-state index in [4.69, 9.17) is 19.4 Å². The van der Waals surface area contributed by atoms with Gasteiger partial charge in [0.15, 0.2) is 0 Å². The van der Waals surface area contributed by atoms with Crippen LogP contribution >= 0.6 is 0 Å². The van der Waals surface area contributed by atoms with Crippen LogP contribution in [0.3, 0.4) is 0 Å². The Balaban J connectivity index is 0.00000338. The summed E-state index contributed by atoms with van der Waals surface area (Å²) >= 11 is 0. The Labute approximate surface area is 444 Å². The summed E-state index contributed by atoms with van der Waals surface area (Å²) in [6.07, 6.45) is 8.99. The number of hydrogen-bond acceptors (Lipinski definition) is 7. The van der Waals surface area contributed by atoms with Crippen LogP contribution in [-0.2, 0) is 53.7 Å². The number of benzene rings is 6. The van der Waals surface area contributed by atoms with Crippen LogP contribution < -0.4 is 9.47 Å². The summed E-state index contributed by atoms with van der Waals surface area (Å²) in [6.45, 7) is 17.3. The Bertz CT molecular complexity index is 3290. The van der Waals surface area contributed by atoms with Gasteiger partial charge in [-0.2, -0.15) is 22.9 Å². The number of aromatic nitrogens is 6. The SMILES string of the molecule is Cc1cc(Oc2[c-]c3c(cc2)c2ccc(Oc4[c-]c(-c5cc(C)c(-c6ccc(CC(C)C)cc6)cn5)cc(C)c4)[c-]c2n3-c2ncncn2)[c-]c(-c2cc(C)c(-c3ccc(CC(C)C)cc3)cn2)c1.[Pd+2].[Pd+2]. The molecule has 10 heteroatoms. The van der Waals surface area contributed by atoms with Gasteiger partial charge in [0.1, 0.15) is 12.7 Å². The number of ether oxygens (including phenoxy) is 2. The molecule has 0 spiro atoms. The largest absolute Gasteiger partial charge is 2.00 e. The second-order valence-electron chi connectivity index (χ2n) is 18.9.